The predicted octanol–water partition coefficient (Wildman–Crippen LogP) is 3.25. The van der Waals surface area contributed by atoms with Crippen molar-refractivity contribution in [3.8, 4) is 5.75 Å². The van der Waals surface area contributed by atoms with E-state index in [4.69, 9.17) is 9.47 Å². The molecule has 190 valence electrons. The van der Waals surface area contributed by atoms with Gasteiger partial charge in [0, 0.05) is 19.2 Å². The third-order valence-corrected chi connectivity index (χ3v) is 7.12. The number of nitrogens with zero attached hydrogens (tertiary/aromatic N) is 4. The molecular weight excluding hydrogens is 458 g/mol. The summed E-state index contributed by atoms with van der Waals surface area (Å²) in [7, 11) is 1.60. The van der Waals surface area contributed by atoms with Crippen molar-refractivity contribution >= 4 is 22.8 Å². The minimum absolute atomic E-state index is 0.0234. The van der Waals surface area contributed by atoms with Crippen molar-refractivity contribution in [1.82, 2.24) is 25.2 Å². The van der Waals surface area contributed by atoms with Gasteiger partial charge in [-0.2, -0.15) is 0 Å². The minimum Gasteiger partial charge on any atom is -0.497 e. The van der Waals surface area contributed by atoms with E-state index in [-0.39, 0.29) is 30.5 Å². The van der Waals surface area contributed by atoms with Crippen molar-refractivity contribution in [2.45, 2.75) is 63.3 Å². The van der Waals surface area contributed by atoms with E-state index in [1.165, 1.54) is 0 Å². The molecular formula is C27H33N5O4. The summed E-state index contributed by atoms with van der Waals surface area (Å²) in [6, 6.07) is 14.2. The van der Waals surface area contributed by atoms with Gasteiger partial charge in [0.25, 0.3) is 0 Å². The van der Waals surface area contributed by atoms with E-state index in [1.54, 1.807) is 16.7 Å². The van der Waals surface area contributed by atoms with Gasteiger partial charge < -0.3 is 19.7 Å². The molecule has 0 unspecified atom stereocenters. The van der Waals surface area contributed by atoms with Crippen LogP contribution in [0.15, 0.2) is 48.5 Å². The number of para-hydroxylation sites is 1. The van der Waals surface area contributed by atoms with Crippen molar-refractivity contribution in [2.24, 2.45) is 0 Å². The third-order valence-electron chi connectivity index (χ3n) is 7.12. The number of methoxy groups -OCH3 is 1. The molecule has 1 aliphatic carbocycles. The number of hydrogen-bond acceptors (Lipinski definition) is 6. The number of nitrogens with one attached hydrogen (secondary N) is 1. The second kappa shape index (κ2) is 11.1. The number of hydrogen-bond donors (Lipinski definition) is 1. The molecule has 2 atom stereocenters. The Morgan fingerprint density at radius 2 is 1.97 bits per heavy atom. The molecule has 9 heteroatoms. The Kier molecular flexibility index (Phi) is 7.46. The number of fused-ring (bicyclic) bond motifs is 1. The molecule has 0 radical (unpaired) electrons. The van der Waals surface area contributed by atoms with Gasteiger partial charge in [0.1, 0.15) is 23.9 Å². The fourth-order valence-corrected chi connectivity index (χ4v) is 5.25. The molecule has 36 heavy (non-hydrogen) atoms. The van der Waals surface area contributed by atoms with E-state index in [2.05, 4.69) is 15.6 Å². The molecule has 5 rings (SSSR count). The zero-order valence-corrected chi connectivity index (χ0v) is 20.6. The Hall–Kier alpha value is -3.46. The zero-order valence-electron chi connectivity index (χ0n) is 20.6. The van der Waals surface area contributed by atoms with Crippen LogP contribution in [0.25, 0.3) is 11.0 Å². The molecule has 1 saturated carbocycles. The molecule has 0 bridgehead atoms. The topological polar surface area (TPSA) is 98.6 Å². The van der Waals surface area contributed by atoms with Gasteiger partial charge in [-0.1, -0.05) is 42.3 Å². The standard InChI is InChI=1S/C27H33N5O4/c1-35-21-11-6-8-19(16-21)26(27(34)28-20-9-2-3-10-20)31(17-22-12-7-15-36-22)25(33)18-32-24-14-5-4-13-23(24)29-30-32/h4-6,8,11,13-14,16,20,22,26H,2-3,7,9-10,12,15,17-18H2,1H3,(H,28,34)/t22-,26-/m1/s1. The summed E-state index contributed by atoms with van der Waals surface area (Å²) in [6.45, 7) is 0.967. The summed E-state index contributed by atoms with van der Waals surface area (Å²) in [5.74, 6) is 0.249. The Balaban J connectivity index is 1.49. The lowest BCUT2D eigenvalue weighted by atomic mass is 10.0. The fraction of sp³-hybridized carbons (Fsp3) is 0.481. The van der Waals surface area contributed by atoms with Crippen LogP contribution < -0.4 is 10.1 Å². The number of rotatable bonds is 9. The van der Waals surface area contributed by atoms with Gasteiger partial charge in [0.15, 0.2) is 0 Å². The maximum absolute atomic E-state index is 13.9. The van der Waals surface area contributed by atoms with E-state index >= 15 is 0 Å². The molecule has 0 spiro atoms. The molecule has 2 aromatic carbocycles. The summed E-state index contributed by atoms with van der Waals surface area (Å²) in [5.41, 5.74) is 2.20. The van der Waals surface area contributed by atoms with Crippen molar-refractivity contribution in [3.05, 3.63) is 54.1 Å². The fourth-order valence-electron chi connectivity index (χ4n) is 5.25. The molecule has 3 aromatic rings. The van der Waals surface area contributed by atoms with E-state index in [0.29, 0.717) is 24.5 Å². The monoisotopic (exact) mass is 491 g/mol. The van der Waals surface area contributed by atoms with Crippen LogP contribution in [0.5, 0.6) is 5.75 Å². The molecule has 2 amide bonds. The molecule has 1 aromatic heterocycles. The van der Waals surface area contributed by atoms with Crippen LogP contribution in [0.4, 0.5) is 0 Å². The second-order valence-electron chi connectivity index (χ2n) is 9.59. The molecule has 9 nitrogen and oxygen atoms in total. The first kappa shape index (κ1) is 24.2. The molecule has 2 aliphatic rings. The first-order chi connectivity index (χ1) is 17.6. The van der Waals surface area contributed by atoms with Gasteiger partial charge in [0.2, 0.25) is 11.8 Å². The highest BCUT2D eigenvalue weighted by Gasteiger charge is 2.36. The molecule has 1 saturated heterocycles. The smallest absolute Gasteiger partial charge is 0.247 e. The van der Waals surface area contributed by atoms with Crippen molar-refractivity contribution in [2.75, 3.05) is 20.3 Å². The van der Waals surface area contributed by atoms with Crippen molar-refractivity contribution in [1.29, 1.82) is 0 Å². The summed E-state index contributed by atoms with van der Waals surface area (Å²) in [5, 5.41) is 11.6. The van der Waals surface area contributed by atoms with Gasteiger partial charge in [-0.25, -0.2) is 4.68 Å². The average molecular weight is 492 g/mol. The summed E-state index contributed by atoms with van der Waals surface area (Å²) < 4.78 is 12.9. The van der Waals surface area contributed by atoms with E-state index in [1.807, 2.05) is 48.5 Å². The van der Waals surface area contributed by atoms with Crippen molar-refractivity contribution < 1.29 is 19.1 Å². The highest BCUT2D eigenvalue weighted by Crippen LogP contribution is 2.29. The van der Waals surface area contributed by atoms with Crippen molar-refractivity contribution in [3.63, 3.8) is 0 Å². The number of carbonyl (C=O) groups excluding carboxylic acids is 2. The van der Waals surface area contributed by atoms with Crippen LogP contribution in [-0.4, -0.2) is 64.1 Å². The number of ether oxygens (including phenoxy) is 2. The highest BCUT2D eigenvalue weighted by atomic mass is 16.5. The molecule has 2 heterocycles. The predicted molar refractivity (Wildman–Crippen MR) is 134 cm³/mol. The third kappa shape index (κ3) is 5.36. The summed E-state index contributed by atoms with van der Waals surface area (Å²) >= 11 is 0. The minimum atomic E-state index is -0.813. The van der Waals surface area contributed by atoms with Gasteiger partial charge in [-0.3, -0.25) is 9.59 Å². The summed E-state index contributed by atoms with van der Waals surface area (Å²) in [4.78, 5) is 29.4. The average Bonchev–Trinajstić information content (AvgIpc) is 3.67. The molecule has 2 fully saturated rings. The van der Waals surface area contributed by atoms with Gasteiger partial charge in [-0.15, -0.1) is 5.10 Å². The van der Waals surface area contributed by atoms with Gasteiger partial charge in [-0.05, 0) is 55.5 Å². The van der Waals surface area contributed by atoms with E-state index in [9.17, 15) is 9.59 Å². The van der Waals surface area contributed by atoms with Crippen LogP contribution in [0, 0.1) is 0 Å². The quantitative estimate of drug-likeness (QED) is 0.493. The van der Waals surface area contributed by atoms with Gasteiger partial charge in [0.05, 0.1) is 18.7 Å². The van der Waals surface area contributed by atoms with E-state index < -0.39 is 6.04 Å². The number of amides is 2. The Morgan fingerprint density at radius 3 is 2.75 bits per heavy atom. The van der Waals surface area contributed by atoms with Crippen LogP contribution in [0.1, 0.15) is 50.1 Å². The summed E-state index contributed by atoms with van der Waals surface area (Å²) in [6.07, 6.45) is 5.81. The molecule has 1 aliphatic heterocycles. The Labute approximate surface area is 210 Å². The first-order valence-electron chi connectivity index (χ1n) is 12.8. The van der Waals surface area contributed by atoms with E-state index in [0.717, 1.165) is 49.6 Å². The van der Waals surface area contributed by atoms with Crippen LogP contribution in [0.2, 0.25) is 0 Å². The first-order valence-corrected chi connectivity index (χ1v) is 12.8. The van der Waals surface area contributed by atoms with Crippen LogP contribution in [-0.2, 0) is 20.9 Å². The molecule has 1 N–H and O–H groups in total. The maximum atomic E-state index is 13.9. The lowest BCUT2D eigenvalue weighted by Crippen LogP contribution is -2.49. The lowest BCUT2D eigenvalue weighted by molar-refractivity contribution is -0.143. The zero-order chi connectivity index (χ0) is 24.9. The number of benzene rings is 2. The Bertz CT molecular complexity index is 1200. The Morgan fingerprint density at radius 1 is 1.14 bits per heavy atom. The van der Waals surface area contributed by atoms with Crippen LogP contribution in [0.3, 0.4) is 0 Å². The normalized spacial score (nSPS) is 18.9. The number of carbonyl (C=O) groups is 2. The maximum Gasteiger partial charge on any atom is 0.247 e. The number of aromatic nitrogens is 3. The largest absolute Gasteiger partial charge is 0.497 e. The lowest BCUT2D eigenvalue weighted by Gasteiger charge is -2.34. The second-order valence-corrected chi connectivity index (χ2v) is 9.59. The van der Waals surface area contributed by atoms with Gasteiger partial charge >= 0.3 is 0 Å². The van der Waals surface area contributed by atoms with Crippen LogP contribution >= 0.6 is 0 Å². The highest BCUT2D eigenvalue weighted by molar-refractivity contribution is 5.89. The SMILES string of the molecule is COc1cccc([C@H](C(=O)NC2CCCC2)N(C[C@H]2CCCO2)C(=O)Cn2nnc3ccccc32)c1.